The number of aromatic nitrogens is 3. The van der Waals surface area contributed by atoms with E-state index >= 15 is 0 Å². The minimum Gasteiger partial charge on any atom is -0.350 e. The Labute approximate surface area is 148 Å². The van der Waals surface area contributed by atoms with Crippen LogP contribution < -0.4 is 5.32 Å². The normalized spacial score (nSPS) is 18.4. The van der Waals surface area contributed by atoms with Gasteiger partial charge in [-0.25, -0.2) is 4.98 Å². The topological polar surface area (TPSA) is 73.9 Å². The molecule has 0 bridgehead atoms. The fraction of sp³-hybridized carbons (Fsp3) is 0.526. The lowest BCUT2D eigenvalue weighted by molar-refractivity contribution is 0.0939. The van der Waals surface area contributed by atoms with Crippen molar-refractivity contribution in [3.63, 3.8) is 0 Å². The number of nitrogens with zero attached hydrogens (tertiary/aromatic N) is 3. The fourth-order valence-electron chi connectivity index (χ4n) is 3.26. The zero-order valence-electron chi connectivity index (χ0n) is 14.8. The van der Waals surface area contributed by atoms with Crippen LogP contribution in [0.4, 0.5) is 0 Å². The van der Waals surface area contributed by atoms with Gasteiger partial charge in [-0.05, 0) is 57.8 Å². The van der Waals surface area contributed by atoms with Crippen molar-refractivity contribution in [1.29, 1.82) is 0 Å². The standard InChI is InChI=1S/C19H25N5O/c1-24(2)16(12-3-4-12)11-20-19(25)15-9-7-14(8-10-15)18-21-17(22-23-18)13-5-6-13/h7-10,12-13,16H,3-6,11H2,1-2H3,(H,20,25)(H,21,22,23). The lowest BCUT2D eigenvalue weighted by Gasteiger charge is -2.24. The second kappa shape index (κ2) is 6.59. The fourth-order valence-corrected chi connectivity index (χ4v) is 3.26. The van der Waals surface area contributed by atoms with Gasteiger partial charge < -0.3 is 10.2 Å². The Hall–Kier alpha value is -2.21. The molecule has 1 aromatic heterocycles. The lowest BCUT2D eigenvalue weighted by Crippen LogP contribution is -2.41. The van der Waals surface area contributed by atoms with Gasteiger partial charge in [0, 0.05) is 29.6 Å². The maximum atomic E-state index is 12.4. The highest BCUT2D eigenvalue weighted by atomic mass is 16.1. The molecule has 2 aliphatic carbocycles. The first-order chi connectivity index (χ1) is 12.1. The molecule has 0 spiro atoms. The van der Waals surface area contributed by atoms with Crippen molar-refractivity contribution in [1.82, 2.24) is 25.4 Å². The maximum absolute atomic E-state index is 12.4. The second-order valence-corrected chi connectivity index (χ2v) is 7.47. The summed E-state index contributed by atoms with van der Waals surface area (Å²) in [6.07, 6.45) is 4.94. The molecule has 2 aliphatic rings. The molecule has 6 heteroatoms. The summed E-state index contributed by atoms with van der Waals surface area (Å²) in [5, 5.41) is 10.4. The lowest BCUT2D eigenvalue weighted by atomic mass is 10.1. The Morgan fingerprint density at radius 3 is 2.56 bits per heavy atom. The van der Waals surface area contributed by atoms with E-state index in [2.05, 4.69) is 39.5 Å². The quantitative estimate of drug-likeness (QED) is 0.812. The SMILES string of the molecule is CN(C)C(CNC(=O)c1ccc(-c2n[nH]c(C3CC3)n2)cc1)C1CC1. The van der Waals surface area contributed by atoms with Gasteiger partial charge in [0.05, 0.1) is 0 Å². The number of H-pyrrole nitrogens is 1. The summed E-state index contributed by atoms with van der Waals surface area (Å²) in [5.74, 6) is 2.95. The second-order valence-electron chi connectivity index (χ2n) is 7.47. The van der Waals surface area contributed by atoms with E-state index in [0.717, 1.165) is 17.3 Å². The molecule has 0 aliphatic heterocycles. The molecule has 2 aromatic rings. The van der Waals surface area contributed by atoms with Crippen molar-refractivity contribution in [3.05, 3.63) is 35.7 Å². The minimum absolute atomic E-state index is 0.0206. The van der Waals surface area contributed by atoms with Crippen molar-refractivity contribution < 1.29 is 4.79 Å². The molecular formula is C19H25N5O. The molecule has 4 rings (SSSR count). The van der Waals surface area contributed by atoms with E-state index in [0.29, 0.717) is 29.9 Å². The number of carbonyl (C=O) groups is 1. The molecule has 1 atom stereocenters. The minimum atomic E-state index is -0.0206. The van der Waals surface area contributed by atoms with Crippen LogP contribution >= 0.6 is 0 Å². The average Bonchev–Trinajstić information content (AvgIpc) is 3.54. The first-order valence-corrected chi connectivity index (χ1v) is 9.09. The van der Waals surface area contributed by atoms with E-state index in [9.17, 15) is 4.79 Å². The largest absolute Gasteiger partial charge is 0.350 e. The van der Waals surface area contributed by atoms with E-state index < -0.39 is 0 Å². The predicted molar refractivity (Wildman–Crippen MR) is 96.3 cm³/mol. The Kier molecular flexibility index (Phi) is 4.29. The zero-order valence-corrected chi connectivity index (χ0v) is 14.8. The van der Waals surface area contributed by atoms with Crippen molar-refractivity contribution in [2.75, 3.05) is 20.6 Å². The van der Waals surface area contributed by atoms with Gasteiger partial charge in [0.1, 0.15) is 5.82 Å². The van der Waals surface area contributed by atoms with Gasteiger partial charge in [-0.15, -0.1) is 0 Å². The summed E-state index contributed by atoms with van der Waals surface area (Å²) in [7, 11) is 4.16. The van der Waals surface area contributed by atoms with E-state index in [4.69, 9.17) is 0 Å². The summed E-state index contributed by atoms with van der Waals surface area (Å²) < 4.78 is 0. The first kappa shape index (κ1) is 16.3. The van der Waals surface area contributed by atoms with E-state index in [1.807, 2.05) is 24.3 Å². The highest BCUT2D eigenvalue weighted by Gasteiger charge is 2.32. The molecule has 2 saturated carbocycles. The Morgan fingerprint density at radius 2 is 1.96 bits per heavy atom. The van der Waals surface area contributed by atoms with Crippen LogP contribution in [0.2, 0.25) is 0 Å². The highest BCUT2D eigenvalue weighted by Crippen LogP contribution is 2.38. The molecule has 2 N–H and O–H groups in total. The smallest absolute Gasteiger partial charge is 0.251 e. The highest BCUT2D eigenvalue weighted by molar-refractivity contribution is 5.94. The monoisotopic (exact) mass is 339 g/mol. The van der Waals surface area contributed by atoms with Crippen molar-refractivity contribution >= 4 is 5.91 Å². The number of aromatic amines is 1. The van der Waals surface area contributed by atoms with Crippen molar-refractivity contribution in [2.45, 2.75) is 37.6 Å². The maximum Gasteiger partial charge on any atom is 0.251 e. The molecule has 1 heterocycles. The van der Waals surface area contributed by atoms with E-state index in [1.165, 1.54) is 25.7 Å². The third-order valence-corrected chi connectivity index (χ3v) is 5.17. The van der Waals surface area contributed by atoms with Crippen LogP contribution in [0.1, 0.15) is 47.8 Å². The third-order valence-electron chi connectivity index (χ3n) is 5.17. The molecule has 132 valence electrons. The average molecular weight is 339 g/mol. The molecule has 1 unspecified atom stereocenters. The summed E-state index contributed by atoms with van der Waals surface area (Å²) >= 11 is 0. The molecule has 0 saturated heterocycles. The number of hydrogen-bond acceptors (Lipinski definition) is 4. The number of hydrogen-bond donors (Lipinski definition) is 2. The molecule has 1 aromatic carbocycles. The van der Waals surface area contributed by atoms with E-state index in [1.54, 1.807) is 0 Å². The Balaban J connectivity index is 1.37. The van der Waals surface area contributed by atoms with Crippen molar-refractivity contribution in [3.8, 4) is 11.4 Å². The summed E-state index contributed by atoms with van der Waals surface area (Å²) in [6.45, 7) is 0.698. The van der Waals surface area contributed by atoms with Gasteiger partial charge in [-0.1, -0.05) is 12.1 Å². The predicted octanol–water partition coefficient (Wildman–Crippen LogP) is 2.42. The number of amides is 1. The Bertz CT molecular complexity index is 741. The Morgan fingerprint density at radius 1 is 1.24 bits per heavy atom. The van der Waals surface area contributed by atoms with Gasteiger partial charge in [-0.3, -0.25) is 9.89 Å². The molecule has 0 radical (unpaired) electrons. The van der Waals surface area contributed by atoms with Crippen LogP contribution in [0.25, 0.3) is 11.4 Å². The van der Waals surface area contributed by atoms with Gasteiger partial charge in [0.15, 0.2) is 5.82 Å². The molecular weight excluding hydrogens is 314 g/mol. The van der Waals surface area contributed by atoms with E-state index in [-0.39, 0.29) is 5.91 Å². The van der Waals surface area contributed by atoms with Gasteiger partial charge >= 0.3 is 0 Å². The number of nitrogens with one attached hydrogen (secondary N) is 2. The summed E-state index contributed by atoms with van der Waals surface area (Å²) in [6, 6.07) is 7.95. The number of likely N-dealkylation sites (N-methyl/N-ethyl adjacent to an activating group) is 1. The van der Waals surface area contributed by atoms with Gasteiger partial charge in [0.2, 0.25) is 0 Å². The summed E-state index contributed by atoms with van der Waals surface area (Å²) in [4.78, 5) is 19.2. The number of carbonyl (C=O) groups excluding carboxylic acids is 1. The van der Waals surface area contributed by atoms with Crippen LogP contribution in [0.15, 0.2) is 24.3 Å². The van der Waals surface area contributed by atoms with Crippen LogP contribution in [-0.4, -0.2) is 52.7 Å². The van der Waals surface area contributed by atoms with Crippen LogP contribution in [0, 0.1) is 5.92 Å². The van der Waals surface area contributed by atoms with Gasteiger partial charge in [0.25, 0.3) is 5.91 Å². The van der Waals surface area contributed by atoms with Crippen molar-refractivity contribution in [2.24, 2.45) is 5.92 Å². The summed E-state index contributed by atoms with van der Waals surface area (Å²) in [5.41, 5.74) is 1.61. The molecule has 25 heavy (non-hydrogen) atoms. The van der Waals surface area contributed by atoms with Crippen LogP contribution in [0.3, 0.4) is 0 Å². The molecule has 1 amide bonds. The first-order valence-electron chi connectivity index (χ1n) is 9.09. The zero-order chi connectivity index (χ0) is 17.4. The molecule has 6 nitrogen and oxygen atoms in total. The number of rotatable bonds is 7. The third kappa shape index (κ3) is 3.74. The molecule has 2 fully saturated rings. The number of benzene rings is 1. The van der Waals surface area contributed by atoms with Crippen LogP contribution in [-0.2, 0) is 0 Å². The van der Waals surface area contributed by atoms with Crippen LogP contribution in [0.5, 0.6) is 0 Å². The van der Waals surface area contributed by atoms with Gasteiger partial charge in [-0.2, -0.15) is 5.10 Å².